The second-order valence-electron chi connectivity index (χ2n) is 3.58. The molecule has 16 heavy (non-hydrogen) atoms. The summed E-state index contributed by atoms with van der Waals surface area (Å²) in [5, 5.41) is 0. The molecule has 0 atom stereocenters. The monoisotopic (exact) mass is 214 g/mol. The Hall–Kier alpha value is -1.97. The maximum Gasteiger partial charge on any atom is 0.131 e. The summed E-state index contributed by atoms with van der Waals surface area (Å²) in [6.45, 7) is 2.10. The van der Waals surface area contributed by atoms with Gasteiger partial charge in [0, 0.05) is 30.4 Å². The molecule has 2 N–H and O–H groups in total. The molecule has 4 heteroatoms. The first-order valence-corrected chi connectivity index (χ1v) is 5.33. The van der Waals surface area contributed by atoms with Crippen LogP contribution in [-0.4, -0.2) is 15.0 Å². The van der Waals surface area contributed by atoms with Crippen LogP contribution in [0, 0.1) is 0 Å². The molecule has 4 nitrogen and oxygen atoms in total. The summed E-state index contributed by atoms with van der Waals surface area (Å²) in [4.78, 5) is 12.7. The highest BCUT2D eigenvalue weighted by molar-refractivity contribution is 5.60. The lowest BCUT2D eigenvalue weighted by atomic mass is 10.2. The van der Waals surface area contributed by atoms with Gasteiger partial charge in [-0.15, -0.1) is 0 Å². The number of hydrogen-bond acceptors (Lipinski definition) is 4. The second-order valence-corrected chi connectivity index (χ2v) is 3.58. The van der Waals surface area contributed by atoms with E-state index < -0.39 is 0 Å². The molecule has 2 aromatic rings. The molecule has 2 aromatic heterocycles. The van der Waals surface area contributed by atoms with Crippen molar-refractivity contribution in [1.82, 2.24) is 15.0 Å². The van der Waals surface area contributed by atoms with Crippen LogP contribution >= 0.6 is 0 Å². The maximum atomic E-state index is 5.76. The van der Waals surface area contributed by atoms with E-state index in [1.165, 1.54) is 0 Å². The Bertz CT molecular complexity index is 468. The highest BCUT2D eigenvalue weighted by atomic mass is 14.9. The highest BCUT2D eigenvalue weighted by Crippen LogP contribution is 2.17. The Morgan fingerprint density at radius 3 is 2.62 bits per heavy atom. The minimum atomic E-state index is 0.519. The fourth-order valence-corrected chi connectivity index (χ4v) is 1.52. The van der Waals surface area contributed by atoms with Gasteiger partial charge in [0.2, 0.25) is 0 Å². The summed E-state index contributed by atoms with van der Waals surface area (Å²) < 4.78 is 0. The van der Waals surface area contributed by atoms with Gasteiger partial charge in [-0.05, 0) is 18.6 Å². The van der Waals surface area contributed by atoms with E-state index in [-0.39, 0.29) is 0 Å². The van der Waals surface area contributed by atoms with Gasteiger partial charge in [0.25, 0.3) is 0 Å². The van der Waals surface area contributed by atoms with Crippen LogP contribution in [0.5, 0.6) is 0 Å². The summed E-state index contributed by atoms with van der Waals surface area (Å²) in [5.74, 6) is 1.32. The highest BCUT2D eigenvalue weighted by Gasteiger charge is 2.04. The van der Waals surface area contributed by atoms with Gasteiger partial charge in [-0.1, -0.05) is 6.92 Å². The average molecular weight is 214 g/mol. The number of nitrogens with zero attached hydrogens (tertiary/aromatic N) is 3. The number of aryl methyl sites for hydroxylation is 1. The minimum absolute atomic E-state index is 0.519. The standard InChI is InChI=1S/C12H14N4/c1-2-3-12-15-10(8-11(13)16-12)9-4-6-14-7-5-9/h4-8H,2-3H2,1H3,(H2,13,15,16). The molecule has 0 aliphatic carbocycles. The van der Waals surface area contributed by atoms with Crippen molar-refractivity contribution in [3.63, 3.8) is 0 Å². The molecule has 0 unspecified atom stereocenters. The van der Waals surface area contributed by atoms with Gasteiger partial charge in [-0.3, -0.25) is 4.98 Å². The van der Waals surface area contributed by atoms with Gasteiger partial charge in [0.1, 0.15) is 11.6 Å². The Labute approximate surface area is 94.6 Å². The lowest BCUT2D eigenvalue weighted by Gasteiger charge is -2.04. The molecule has 0 bridgehead atoms. The van der Waals surface area contributed by atoms with Crippen LogP contribution in [0.25, 0.3) is 11.3 Å². The van der Waals surface area contributed by atoms with Crippen LogP contribution in [0.3, 0.4) is 0 Å². The molecule has 0 aliphatic rings. The number of nitrogens with two attached hydrogens (primary N) is 1. The molecular formula is C12H14N4. The van der Waals surface area contributed by atoms with Crippen LogP contribution in [0.2, 0.25) is 0 Å². The van der Waals surface area contributed by atoms with E-state index >= 15 is 0 Å². The van der Waals surface area contributed by atoms with E-state index in [1.807, 2.05) is 12.1 Å². The smallest absolute Gasteiger partial charge is 0.131 e. The number of nitrogen functional groups attached to an aromatic ring is 1. The van der Waals surface area contributed by atoms with E-state index in [2.05, 4.69) is 21.9 Å². The zero-order valence-electron chi connectivity index (χ0n) is 9.22. The molecule has 0 aliphatic heterocycles. The van der Waals surface area contributed by atoms with Crippen molar-refractivity contribution in [2.45, 2.75) is 19.8 Å². The number of anilines is 1. The predicted octanol–water partition coefficient (Wildman–Crippen LogP) is 2.07. The fourth-order valence-electron chi connectivity index (χ4n) is 1.52. The molecule has 0 saturated carbocycles. The normalized spacial score (nSPS) is 10.3. The van der Waals surface area contributed by atoms with Gasteiger partial charge in [0.15, 0.2) is 0 Å². The fraction of sp³-hybridized carbons (Fsp3) is 0.250. The second kappa shape index (κ2) is 4.70. The molecule has 0 radical (unpaired) electrons. The van der Waals surface area contributed by atoms with Gasteiger partial charge in [-0.2, -0.15) is 0 Å². The van der Waals surface area contributed by atoms with E-state index in [9.17, 15) is 0 Å². The van der Waals surface area contributed by atoms with E-state index in [1.54, 1.807) is 18.5 Å². The molecule has 0 amide bonds. The van der Waals surface area contributed by atoms with Gasteiger partial charge in [-0.25, -0.2) is 9.97 Å². The van der Waals surface area contributed by atoms with Crippen molar-refractivity contribution < 1.29 is 0 Å². The van der Waals surface area contributed by atoms with Crippen LogP contribution < -0.4 is 5.73 Å². The first-order valence-electron chi connectivity index (χ1n) is 5.33. The zero-order chi connectivity index (χ0) is 11.4. The number of aromatic nitrogens is 3. The zero-order valence-corrected chi connectivity index (χ0v) is 9.22. The molecule has 2 heterocycles. The number of pyridine rings is 1. The van der Waals surface area contributed by atoms with Crippen molar-refractivity contribution >= 4 is 5.82 Å². The third-order valence-corrected chi connectivity index (χ3v) is 2.24. The summed E-state index contributed by atoms with van der Waals surface area (Å²) >= 11 is 0. The Balaban J connectivity index is 2.41. The maximum absolute atomic E-state index is 5.76. The topological polar surface area (TPSA) is 64.7 Å². The number of hydrogen-bond donors (Lipinski definition) is 1. The summed E-state index contributed by atoms with van der Waals surface area (Å²) in [6.07, 6.45) is 5.35. The SMILES string of the molecule is CCCc1nc(N)cc(-c2ccncc2)n1. The first kappa shape index (κ1) is 10.5. The van der Waals surface area contributed by atoms with Crippen molar-refractivity contribution in [3.8, 4) is 11.3 Å². The van der Waals surface area contributed by atoms with Crippen LogP contribution in [0.15, 0.2) is 30.6 Å². The van der Waals surface area contributed by atoms with Crippen LogP contribution in [-0.2, 0) is 6.42 Å². The lowest BCUT2D eigenvalue weighted by molar-refractivity contribution is 0.839. The third-order valence-electron chi connectivity index (χ3n) is 2.24. The van der Waals surface area contributed by atoms with Crippen molar-refractivity contribution in [3.05, 3.63) is 36.4 Å². The van der Waals surface area contributed by atoms with Crippen molar-refractivity contribution in [1.29, 1.82) is 0 Å². The number of rotatable bonds is 3. The Kier molecular flexibility index (Phi) is 3.10. The van der Waals surface area contributed by atoms with Gasteiger partial charge in [0.05, 0.1) is 5.69 Å². The van der Waals surface area contributed by atoms with E-state index in [0.717, 1.165) is 29.9 Å². The van der Waals surface area contributed by atoms with Crippen molar-refractivity contribution in [2.24, 2.45) is 0 Å². The summed E-state index contributed by atoms with van der Waals surface area (Å²) in [7, 11) is 0. The molecule has 82 valence electrons. The van der Waals surface area contributed by atoms with Crippen molar-refractivity contribution in [2.75, 3.05) is 5.73 Å². The molecule has 2 rings (SSSR count). The van der Waals surface area contributed by atoms with Gasteiger partial charge >= 0.3 is 0 Å². The molecule has 0 aromatic carbocycles. The van der Waals surface area contributed by atoms with Crippen LogP contribution in [0.1, 0.15) is 19.2 Å². The largest absolute Gasteiger partial charge is 0.384 e. The third kappa shape index (κ3) is 2.34. The molecular weight excluding hydrogens is 200 g/mol. The molecule has 0 spiro atoms. The first-order chi connectivity index (χ1) is 7.79. The average Bonchev–Trinajstić information content (AvgIpc) is 2.30. The van der Waals surface area contributed by atoms with Crippen LogP contribution in [0.4, 0.5) is 5.82 Å². The molecule has 0 fully saturated rings. The van der Waals surface area contributed by atoms with Gasteiger partial charge < -0.3 is 5.73 Å². The molecule has 0 saturated heterocycles. The predicted molar refractivity (Wildman–Crippen MR) is 63.7 cm³/mol. The Morgan fingerprint density at radius 1 is 1.19 bits per heavy atom. The summed E-state index contributed by atoms with van der Waals surface area (Å²) in [5.41, 5.74) is 7.64. The quantitative estimate of drug-likeness (QED) is 0.849. The lowest BCUT2D eigenvalue weighted by Crippen LogP contribution is -2.01. The Morgan fingerprint density at radius 2 is 1.94 bits per heavy atom. The van der Waals surface area contributed by atoms with E-state index in [0.29, 0.717) is 5.82 Å². The van der Waals surface area contributed by atoms with E-state index in [4.69, 9.17) is 5.73 Å². The summed E-state index contributed by atoms with van der Waals surface area (Å²) in [6, 6.07) is 5.61. The minimum Gasteiger partial charge on any atom is -0.384 e.